The van der Waals surface area contributed by atoms with Crippen LogP contribution in [0.5, 0.6) is 0 Å². The molecule has 2 atom stereocenters. The van der Waals surface area contributed by atoms with E-state index >= 15 is 0 Å². The topological polar surface area (TPSA) is 140 Å². The van der Waals surface area contributed by atoms with Crippen LogP contribution in [-0.4, -0.2) is 52.3 Å². The van der Waals surface area contributed by atoms with Crippen LogP contribution in [0.2, 0.25) is 0 Å². The summed E-state index contributed by atoms with van der Waals surface area (Å²) < 4.78 is 25.8. The highest BCUT2D eigenvalue weighted by molar-refractivity contribution is 7.46. The maximum Gasteiger partial charge on any atom is 0.469 e. The fourth-order valence-corrected chi connectivity index (χ4v) is 3.98. The molecule has 236 valence electrons. The molecule has 0 aliphatic rings. The predicted molar refractivity (Wildman–Crippen MR) is 162 cm³/mol. The molecular weight excluding hydrogens is 547 g/mol. The lowest BCUT2D eigenvalue weighted by Gasteiger charge is -2.18. The number of carbonyl (C=O) groups is 2. The van der Waals surface area contributed by atoms with Gasteiger partial charge in [0, 0.05) is 12.8 Å². The molecule has 0 spiro atoms. The van der Waals surface area contributed by atoms with E-state index < -0.39 is 38.6 Å². The van der Waals surface area contributed by atoms with Gasteiger partial charge in [0.05, 0.1) is 12.7 Å². The van der Waals surface area contributed by atoms with Gasteiger partial charge >= 0.3 is 19.8 Å². The van der Waals surface area contributed by atoms with Gasteiger partial charge in [-0.25, -0.2) is 4.57 Å². The Morgan fingerprint density at radius 2 is 1.41 bits per heavy atom. The summed E-state index contributed by atoms with van der Waals surface area (Å²) in [6.45, 7) is 3.37. The van der Waals surface area contributed by atoms with Gasteiger partial charge in [0.1, 0.15) is 6.61 Å². The Kier molecular flexibility index (Phi) is 25.5. The van der Waals surface area contributed by atoms with Crippen molar-refractivity contribution in [2.75, 3.05) is 13.2 Å². The Hall–Kier alpha value is -2.03. The van der Waals surface area contributed by atoms with E-state index in [2.05, 4.69) is 24.4 Å². The molecule has 0 heterocycles. The Labute approximate surface area is 247 Å². The summed E-state index contributed by atoms with van der Waals surface area (Å²) >= 11 is 0. The number of carbonyl (C=O) groups excluding carboxylic acids is 2. The third-order valence-corrected chi connectivity index (χ3v) is 6.42. The Morgan fingerprint density at radius 3 is 2.15 bits per heavy atom. The molecular formula is C31H53O9P. The quantitative estimate of drug-likeness (QED) is 0.0314. The minimum Gasteiger partial charge on any atom is -0.462 e. The first-order chi connectivity index (χ1) is 19.7. The second-order valence-electron chi connectivity index (χ2n) is 9.93. The van der Waals surface area contributed by atoms with E-state index in [1.807, 2.05) is 36.5 Å². The van der Waals surface area contributed by atoms with Crippen molar-refractivity contribution in [3.8, 4) is 0 Å². The van der Waals surface area contributed by atoms with Gasteiger partial charge in [-0.3, -0.25) is 14.1 Å². The van der Waals surface area contributed by atoms with E-state index in [0.29, 0.717) is 25.7 Å². The largest absolute Gasteiger partial charge is 0.469 e. The molecule has 0 saturated carbocycles. The van der Waals surface area contributed by atoms with E-state index in [1.54, 1.807) is 6.08 Å². The SMILES string of the molecule is CCCCC/C=C\C[C@@H](O)/C=C/C=C\C/C=C\CCCC(=O)OC[C@H](COP(=O)(O)O)OC(=O)CCCCCCC. The number of hydrogen-bond donors (Lipinski definition) is 3. The molecule has 3 N–H and O–H groups in total. The van der Waals surface area contributed by atoms with Gasteiger partial charge in [-0.2, -0.15) is 0 Å². The number of phosphoric ester groups is 1. The van der Waals surface area contributed by atoms with Gasteiger partial charge in [-0.1, -0.05) is 101 Å². The second-order valence-corrected chi connectivity index (χ2v) is 11.2. The molecule has 41 heavy (non-hydrogen) atoms. The molecule has 0 aliphatic heterocycles. The second kappa shape index (κ2) is 26.8. The van der Waals surface area contributed by atoms with Crippen LogP contribution in [0.1, 0.15) is 110 Å². The van der Waals surface area contributed by atoms with Crippen LogP contribution in [0.4, 0.5) is 0 Å². The fraction of sp³-hybridized carbons (Fsp3) is 0.677. The standard InChI is InChI=1S/C31H53O9P/c1-3-5-7-9-15-18-22-28(32)23-19-16-12-10-11-13-17-20-24-30(33)38-26-29(27-39-41(35,36)37)40-31(34)25-21-14-8-6-4-2/h11-13,15-16,18-19,23,28-29,32H,3-10,14,17,20-22,24-27H2,1-2H3,(H2,35,36,37)/b13-11-,16-12-,18-15-,23-19+/t28-,29-/m1/s1. The van der Waals surface area contributed by atoms with Crippen LogP contribution >= 0.6 is 7.82 Å². The zero-order valence-corrected chi connectivity index (χ0v) is 25.9. The lowest BCUT2D eigenvalue weighted by Crippen LogP contribution is -2.29. The molecule has 0 aromatic heterocycles. The van der Waals surface area contributed by atoms with Crippen molar-refractivity contribution in [1.82, 2.24) is 0 Å². The van der Waals surface area contributed by atoms with Crippen molar-refractivity contribution in [3.63, 3.8) is 0 Å². The van der Waals surface area contributed by atoms with Gasteiger partial charge in [-0.05, 0) is 44.9 Å². The van der Waals surface area contributed by atoms with Crippen LogP contribution in [0.3, 0.4) is 0 Å². The van der Waals surface area contributed by atoms with Crippen molar-refractivity contribution in [3.05, 3.63) is 48.6 Å². The first-order valence-electron chi connectivity index (χ1n) is 15.0. The number of aliphatic hydroxyl groups excluding tert-OH is 1. The maximum atomic E-state index is 12.1. The molecule has 0 fully saturated rings. The van der Waals surface area contributed by atoms with Crippen LogP contribution in [0.15, 0.2) is 48.6 Å². The zero-order valence-electron chi connectivity index (χ0n) is 25.0. The van der Waals surface area contributed by atoms with Gasteiger partial charge in [-0.15, -0.1) is 0 Å². The van der Waals surface area contributed by atoms with Crippen LogP contribution in [0.25, 0.3) is 0 Å². The summed E-state index contributed by atoms with van der Waals surface area (Å²) in [7, 11) is -4.76. The number of ether oxygens (including phenoxy) is 2. The van der Waals surface area contributed by atoms with Gasteiger partial charge in [0.25, 0.3) is 0 Å². The molecule has 0 amide bonds. The molecule has 0 rings (SSSR count). The summed E-state index contributed by atoms with van der Waals surface area (Å²) in [5.74, 6) is -1.01. The highest BCUT2D eigenvalue weighted by Gasteiger charge is 2.22. The number of unbranched alkanes of at least 4 members (excludes halogenated alkanes) is 8. The van der Waals surface area contributed by atoms with E-state index in [-0.39, 0.29) is 19.4 Å². The summed E-state index contributed by atoms with van der Waals surface area (Å²) in [6, 6.07) is 0. The van der Waals surface area contributed by atoms with Crippen molar-refractivity contribution in [2.45, 2.75) is 122 Å². The number of hydrogen-bond acceptors (Lipinski definition) is 7. The predicted octanol–water partition coefficient (Wildman–Crippen LogP) is 7.03. The molecule has 0 bridgehead atoms. The normalized spacial score (nSPS) is 14.0. The van der Waals surface area contributed by atoms with E-state index in [9.17, 15) is 19.3 Å². The summed E-state index contributed by atoms with van der Waals surface area (Å²) in [5.41, 5.74) is 0. The van der Waals surface area contributed by atoms with Crippen LogP contribution < -0.4 is 0 Å². The average Bonchev–Trinajstić information content (AvgIpc) is 2.92. The average molecular weight is 601 g/mol. The first-order valence-corrected chi connectivity index (χ1v) is 16.6. The van der Waals surface area contributed by atoms with E-state index in [1.165, 1.54) is 19.3 Å². The van der Waals surface area contributed by atoms with E-state index in [4.69, 9.17) is 19.3 Å². The highest BCUT2D eigenvalue weighted by Crippen LogP contribution is 2.35. The van der Waals surface area contributed by atoms with Crippen molar-refractivity contribution in [1.29, 1.82) is 0 Å². The zero-order chi connectivity index (χ0) is 30.6. The number of rotatable bonds is 26. The van der Waals surface area contributed by atoms with Crippen LogP contribution in [-0.2, 0) is 28.2 Å². The molecule has 0 unspecified atom stereocenters. The Bertz CT molecular complexity index is 829. The number of aliphatic hydroxyl groups is 1. The van der Waals surface area contributed by atoms with Crippen molar-refractivity contribution in [2.24, 2.45) is 0 Å². The molecule has 0 aliphatic carbocycles. The summed E-state index contributed by atoms with van der Waals surface area (Å²) in [5, 5.41) is 9.93. The lowest BCUT2D eigenvalue weighted by atomic mass is 10.1. The Morgan fingerprint density at radius 1 is 0.756 bits per heavy atom. The summed E-state index contributed by atoms with van der Waals surface area (Å²) in [6.07, 6.45) is 26.4. The molecule has 0 aromatic carbocycles. The molecule has 0 saturated heterocycles. The summed E-state index contributed by atoms with van der Waals surface area (Å²) in [4.78, 5) is 42.0. The van der Waals surface area contributed by atoms with Gasteiger partial charge in [0.15, 0.2) is 6.10 Å². The third-order valence-electron chi connectivity index (χ3n) is 5.93. The number of esters is 2. The highest BCUT2D eigenvalue weighted by atomic mass is 31.2. The Balaban J connectivity index is 4.18. The maximum absolute atomic E-state index is 12.1. The molecule has 0 radical (unpaired) electrons. The van der Waals surface area contributed by atoms with Crippen molar-refractivity contribution >= 4 is 19.8 Å². The minimum absolute atomic E-state index is 0.158. The number of allylic oxidation sites excluding steroid dienone is 6. The first kappa shape index (κ1) is 39.0. The third kappa shape index (κ3) is 29.3. The molecule has 10 heteroatoms. The molecule has 0 aromatic rings. The van der Waals surface area contributed by atoms with E-state index in [0.717, 1.165) is 38.5 Å². The number of phosphoric acid groups is 1. The smallest absolute Gasteiger partial charge is 0.462 e. The monoisotopic (exact) mass is 600 g/mol. The van der Waals surface area contributed by atoms with Gasteiger partial charge in [0.2, 0.25) is 0 Å². The lowest BCUT2D eigenvalue weighted by molar-refractivity contribution is -0.161. The molecule has 9 nitrogen and oxygen atoms in total. The fourth-order valence-electron chi connectivity index (χ4n) is 3.62. The van der Waals surface area contributed by atoms with Crippen LogP contribution in [0, 0.1) is 0 Å². The minimum atomic E-state index is -4.76. The van der Waals surface area contributed by atoms with Gasteiger partial charge < -0.3 is 24.4 Å². The van der Waals surface area contributed by atoms with Crippen molar-refractivity contribution < 1.29 is 43.0 Å².